The maximum Gasteiger partial charge on any atom is 0.138 e. The maximum absolute atomic E-state index is 10.3. The van der Waals surface area contributed by atoms with Crippen LogP contribution in [0.25, 0.3) is 10.9 Å². The number of hydrogen-bond acceptors (Lipinski definition) is 6. The molecule has 0 bridgehead atoms. The average Bonchev–Trinajstić information content (AvgIpc) is 2.83. The van der Waals surface area contributed by atoms with Crippen LogP contribution in [0.5, 0.6) is 0 Å². The quantitative estimate of drug-likeness (QED) is 0.460. The van der Waals surface area contributed by atoms with Crippen LogP contribution in [-0.2, 0) is 0 Å². The van der Waals surface area contributed by atoms with E-state index in [4.69, 9.17) is 15.8 Å². The molecule has 0 radical (unpaired) electrons. The summed E-state index contributed by atoms with van der Waals surface area (Å²) in [6.45, 7) is 5.77. The van der Waals surface area contributed by atoms with Crippen LogP contribution in [0.4, 0.5) is 5.82 Å². The number of benzene rings is 1. The van der Waals surface area contributed by atoms with E-state index in [1.165, 1.54) is 12.0 Å². The van der Waals surface area contributed by atoms with E-state index in [1.807, 2.05) is 6.92 Å². The van der Waals surface area contributed by atoms with Crippen molar-refractivity contribution in [2.24, 2.45) is 0 Å². The van der Waals surface area contributed by atoms with Crippen LogP contribution in [0.3, 0.4) is 0 Å². The summed E-state index contributed by atoms with van der Waals surface area (Å²) in [5.41, 5.74) is 3.85. The maximum atomic E-state index is 10.3. The van der Waals surface area contributed by atoms with Crippen molar-refractivity contribution in [3.63, 3.8) is 0 Å². The number of nitrogens with zero attached hydrogens (tertiary/aromatic N) is 2. The van der Waals surface area contributed by atoms with Crippen LogP contribution in [-0.4, -0.2) is 52.8 Å². The lowest BCUT2D eigenvalue weighted by Gasteiger charge is -2.38. The van der Waals surface area contributed by atoms with Crippen molar-refractivity contribution in [1.29, 1.82) is 10.8 Å². The summed E-state index contributed by atoms with van der Waals surface area (Å²) in [7, 11) is 0. The first kappa shape index (κ1) is 23.6. The number of allylic oxidation sites excluding steroid dienone is 2. The molecule has 0 amide bonds. The molecule has 1 saturated carbocycles. The highest BCUT2D eigenvalue weighted by atomic mass is 16.3. The molecule has 1 aromatic heterocycles. The Balaban J connectivity index is 1.54. The van der Waals surface area contributed by atoms with Crippen molar-refractivity contribution in [2.75, 3.05) is 18.0 Å². The van der Waals surface area contributed by atoms with Gasteiger partial charge in [0.25, 0.3) is 0 Å². The molecule has 2 fully saturated rings. The van der Waals surface area contributed by atoms with Crippen LogP contribution in [0.15, 0.2) is 36.4 Å². The third kappa shape index (κ3) is 5.68. The minimum atomic E-state index is -0.219. The number of rotatable bonds is 7. The Morgan fingerprint density at radius 3 is 2.61 bits per heavy atom. The van der Waals surface area contributed by atoms with Gasteiger partial charge in [-0.3, -0.25) is 0 Å². The third-order valence-electron chi connectivity index (χ3n) is 7.05. The minimum Gasteiger partial charge on any atom is -0.392 e. The second-order valence-corrected chi connectivity index (χ2v) is 9.57. The molecular formula is C27H37N5O. The number of anilines is 1. The summed E-state index contributed by atoms with van der Waals surface area (Å²) >= 11 is 0. The molecular weight excluding hydrogens is 410 g/mol. The van der Waals surface area contributed by atoms with E-state index in [0.29, 0.717) is 23.9 Å². The predicted octanol–water partition coefficient (Wildman–Crippen LogP) is 4.76. The normalized spacial score (nSPS) is 22.2. The predicted molar refractivity (Wildman–Crippen MR) is 137 cm³/mol. The van der Waals surface area contributed by atoms with Gasteiger partial charge in [-0.1, -0.05) is 31.4 Å². The molecule has 0 spiro atoms. The second-order valence-electron chi connectivity index (χ2n) is 9.57. The van der Waals surface area contributed by atoms with E-state index in [2.05, 4.69) is 41.4 Å². The highest BCUT2D eigenvalue weighted by Gasteiger charge is 2.28. The number of piperidine rings is 1. The van der Waals surface area contributed by atoms with Crippen molar-refractivity contribution in [3.8, 4) is 0 Å². The number of aliphatic hydroxyl groups excluding tert-OH is 1. The zero-order chi connectivity index (χ0) is 23.4. The molecule has 1 aromatic carbocycles. The SMILES string of the molecule is CCC(=N)/C=C\C(=N)c1cc2cc(C)ccc2nc1N1CCC(N[C@H]2CCCC[C@@H]2O)CC1. The summed E-state index contributed by atoms with van der Waals surface area (Å²) < 4.78 is 0. The van der Waals surface area contributed by atoms with Crippen LogP contribution >= 0.6 is 0 Å². The Bertz CT molecular complexity index is 1040. The molecule has 1 aliphatic carbocycles. The van der Waals surface area contributed by atoms with E-state index >= 15 is 0 Å². The van der Waals surface area contributed by atoms with Crippen molar-refractivity contribution < 1.29 is 5.11 Å². The number of pyridine rings is 1. The minimum absolute atomic E-state index is 0.219. The molecule has 2 aromatic rings. The van der Waals surface area contributed by atoms with Gasteiger partial charge in [0.05, 0.1) is 17.3 Å². The first-order valence-electron chi connectivity index (χ1n) is 12.4. The number of aromatic nitrogens is 1. The molecule has 6 nitrogen and oxygen atoms in total. The summed E-state index contributed by atoms with van der Waals surface area (Å²) in [6.07, 6.45) is 10.2. The average molecular weight is 448 g/mol. The van der Waals surface area contributed by atoms with Crippen LogP contribution in [0, 0.1) is 17.7 Å². The first-order chi connectivity index (χ1) is 15.9. The molecule has 33 heavy (non-hydrogen) atoms. The van der Waals surface area contributed by atoms with Gasteiger partial charge in [0.15, 0.2) is 0 Å². The smallest absolute Gasteiger partial charge is 0.138 e. The highest BCUT2D eigenvalue weighted by molar-refractivity contribution is 6.13. The standard InChI is InChI=1S/C27H37N5O/c1-3-20(28)9-10-23(29)22-17-19-16-18(2)8-11-24(19)31-27(22)32-14-12-21(13-15-32)30-25-6-4-5-7-26(25)33/h8-11,16-17,21,25-26,28-30,33H,3-7,12-15H2,1-2H3/b10-9-,28-20?,29-23?/t25-,26-/m0/s1. The Kier molecular flexibility index (Phi) is 7.56. The summed E-state index contributed by atoms with van der Waals surface area (Å²) in [6, 6.07) is 8.97. The Morgan fingerprint density at radius 1 is 1.12 bits per heavy atom. The molecule has 4 rings (SSSR count). The Morgan fingerprint density at radius 2 is 1.88 bits per heavy atom. The van der Waals surface area contributed by atoms with Gasteiger partial charge in [-0.15, -0.1) is 0 Å². The lowest BCUT2D eigenvalue weighted by molar-refractivity contribution is 0.0828. The van der Waals surface area contributed by atoms with Gasteiger partial charge in [-0.05, 0) is 69.4 Å². The van der Waals surface area contributed by atoms with Crippen molar-refractivity contribution in [3.05, 3.63) is 47.5 Å². The second kappa shape index (κ2) is 10.6. The van der Waals surface area contributed by atoms with Crippen molar-refractivity contribution >= 4 is 28.1 Å². The van der Waals surface area contributed by atoms with Gasteiger partial charge in [-0.2, -0.15) is 0 Å². The van der Waals surface area contributed by atoms with E-state index < -0.39 is 0 Å². The molecule has 2 aliphatic rings. The number of fused-ring (bicyclic) bond motifs is 1. The van der Waals surface area contributed by atoms with Gasteiger partial charge in [0.1, 0.15) is 5.82 Å². The van der Waals surface area contributed by atoms with Crippen molar-refractivity contribution in [1.82, 2.24) is 10.3 Å². The van der Waals surface area contributed by atoms with Gasteiger partial charge < -0.3 is 26.1 Å². The largest absolute Gasteiger partial charge is 0.392 e. The highest BCUT2D eigenvalue weighted by Crippen LogP contribution is 2.28. The Labute approximate surface area is 197 Å². The lowest BCUT2D eigenvalue weighted by Crippen LogP contribution is -2.51. The molecule has 176 valence electrons. The van der Waals surface area contributed by atoms with Crippen LogP contribution in [0.1, 0.15) is 63.0 Å². The van der Waals surface area contributed by atoms with E-state index in [9.17, 15) is 5.11 Å². The molecule has 0 unspecified atom stereocenters. The summed E-state index contributed by atoms with van der Waals surface area (Å²) in [4.78, 5) is 7.30. The molecule has 1 aliphatic heterocycles. The van der Waals surface area contributed by atoms with Crippen molar-refractivity contribution in [2.45, 2.75) is 77.0 Å². The first-order valence-corrected chi connectivity index (χ1v) is 12.4. The number of nitrogens with one attached hydrogen (secondary N) is 3. The molecule has 1 saturated heterocycles. The van der Waals surface area contributed by atoms with Gasteiger partial charge >= 0.3 is 0 Å². The topological polar surface area (TPSA) is 96.1 Å². The molecule has 2 atom stereocenters. The number of aryl methyl sites for hydroxylation is 1. The zero-order valence-corrected chi connectivity index (χ0v) is 19.9. The number of aliphatic hydroxyl groups is 1. The van der Waals surface area contributed by atoms with Crippen LogP contribution < -0.4 is 10.2 Å². The van der Waals surface area contributed by atoms with E-state index in [-0.39, 0.29) is 12.1 Å². The van der Waals surface area contributed by atoms with Gasteiger partial charge in [-0.25, -0.2) is 4.98 Å². The Hall–Kier alpha value is -2.57. The van der Waals surface area contributed by atoms with Gasteiger partial charge in [0.2, 0.25) is 0 Å². The number of hydrogen-bond donors (Lipinski definition) is 4. The summed E-state index contributed by atoms with van der Waals surface area (Å²) in [5, 5.41) is 31.7. The van der Waals surface area contributed by atoms with Gasteiger partial charge in [0, 0.05) is 41.8 Å². The fraction of sp³-hybridized carbons (Fsp3) is 0.519. The third-order valence-corrected chi connectivity index (χ3v) is 7.05. The van der Waals surface area contributed by atoms with E-state index in [1.54, 1.807) is 12.2 Å². The monoisotopic (exact) mass is 447 g/mol. The molecule has 4 N–H and O–H groups in total. The van der Waals surface area contributed by atoms with E-state index in [0.717, 1.165) is 67.5 Å². The fourth-order valence-electron chi connectivity index (χ4n) is 4.98. The fourth-order valence-corrected chi connectivity index (χ4v) is 4.98. The summed E-state index contributed by atoms with van der Waals surface area (Å²) in [5.74, 6) is 0.861. The van der Waals surface area contributed by atoms with Crippen LogP contribution in [0.2, 0.25) is 0 Å². The molecule has 2 heterocycles. The lowest BCUT2D eigenvalue weighted by atomic mass is 9.91. The molecule has 6 heteroatoms. The zero-order valence-electron chi connectivity index (χ0n) is 19.9.